The summed E-state index contributed by atoms with van der Waals surface area (Å²) in [5.74, 6) is -0.197. The lowest BCUT2D eigenvalue weighted by Crippen LogP contribution is -2.49. The number of hydrogen-bond acceptors (Lipinski definition) is 6. The summed E-state index contributed by atoms with van der Waals surface area (Å²) in [6.07, 6.45) is 2.03. The van der Waals surface area contributed by atoms with E-state index in [9.17, 15) is 18.8 Å². The Bertz CT molecular complexity index is 1360. The van der Waals surface area contributed by atoms with Gasteiger partial charge in [0.05, 0.1) is 17.6 Å². The van der Waals surface area contributed by atoms with Crippen molar-refractivity contribution in [1.29, 1.82) is 0 Å². The number of aromatic nitrogens is 1. The predicted octanol–water partition coefficient (Wildman–Crippen LogP) is 4.00. The highest BCUT2D eigenvalue weighted by molar-refractivity contribution is 6.31. The lowest BCUT2D eigenvalue weighted by molar-refractivity contribution is -0.132. The Balaban J connectivity index is 1.36. The second-order valence-corrected chi connectivity index (χ2v) is 9.85. The van der Waals surface area contributed by atoms with Gasteiger partial charge in [0.15, 0.2) is 0 Å². The largest absolute Gasteiger partial charge is 0.447 e. The summed E-state index contributed by atoms with van der Waals surface area (Å²) in [5.41, 5.74) is 0.440. The zero-order chi connectivity index (χ0) is 28.5. The molecule has 4 amide bonds. The van der Waals surface area contributed by atoms with Gasteiger partial charge in [0.25, 0.3) is 0 Å². The zero-order valence-corrected chi connectivity index (χ0v) is 22.9. The number of carbonyl (C=O) groups excluding carboxylic acids is 3. The summed E-state index contributed by atoms with van der Waals surface area (Å²) < 4.78 is 19.3. The van der Waals surface area contributed by atoms with Gasteiger partial charge in [-0.2, -0.15) is 0 Å². The van der Waals surface area contributed by atoms with Crippen LogP contribution in [0.5, 0.6) is 0 Å². The van der Waals surface area contributed by atoms with E-state index in [4.69, 9.17) is 16.3 Å². The van der Waals surface area contributed by atoms with E-state index < -0.39 is 24.0 Å². The van der Waals surface area contributed by atoms with E-state index in [1.165, 1.54) is 17.0 Å². The average Bonchev–Trinajstić information content (AvgIpc) is 2.96. The number of piperazine rings is 1. The predicted molar refractivity (Wildman–Crippen MR) is 151 cm³/mol. The summed E-state index contributed by atoms with van der Waals surface area (Å²) >= 11 is 6.01. The Hall–Kier alpha value is -3.96. The molecular weight excluding hydrogens is 539 g/mol. The van der Waals surface area contributed by atoms with E-state index in [1.807, 2.05) is 24.3 Å². The van der Waals surface area contributed by atoms with Gasteiger partial charge < -0.3 is 25.2 Å². The normalized spacial score (nSPS) is 14.1. The molecule has 0 spiro atoms. The third kappa shape index (κ3) is 7.80. The number of anilines is 1. The Labute approximate surface area is 236 Å². The standard InChI is InChI=1S/C28H32ClFN6O4/c1-35(27(38)33-16-21-8-4-10-23(30)26(21)29)22(9-5-12-36-13-11-31-17-25(36)37)18-40-28(39)34-24-14-19-6-2-3-7-20(19)15-32-24/h2-4,6-8,10,14-15,22,31H,5,9,11-13,16-18H2,1H3,(H,33,38)(H,32,34,39)/t22-/m0/s1. The van der Waals surface area contributed by atoms with Crippen molar-refractivity contribution in [2.45, 2.75) is 25.4 Å². The Kier molecular flexibility index (Phi) is 10.1. The van der Waals surface area contributed by atoms with Crippen molar-refractivity contribution in [3.05, 3.63) is 71.1 Å². The lowest BCUT2D eigenvalue weighted by atomic mass is 10.1. The van der Waals surface area contributed by atoms with Gasteiger partial charge in [-0.1, -0.05) is 48.0 Å². The Morgan fingerprint density at radius 1 is 1.23 bits per heavy atom. The molecular formula is C28H32ClFN6O4. The summed E-state index contributed by atoms with van der Waals surface area (Å²) in [4.78, 5) is 45.1. The number of nitrogens with zero attached hydrogens (tertiary/aromatic N) is 3. The fraction of sp³-hybridized carbons (Fsp3) is 0.357. The lowest BCUT2D eigenvalue weighted by Gasteiger charge is -2.30. The van der Waals surface area contributed by atoms with Crippen LogP contribution in [0.2, 0.25) is 5.02 Å². The molecule has 40 heavy (non-hydrogen) atoms. The third-order valence-corrected chi connectivity index (χ3v) is 7.17. The SMILES string of the molecule is CN(C(=O)NCc1cccc(F)c1Cl)[C@@H](CCCN1CCNCC1=O)COC(=O)Nc1cc2ccccc2cn1. The van der Waals surface area contributed by atoms with Crippen molar-refractivity contribution in [2.24, 2.45) is 0 Å². The fourth-order valence-electron chi connectivity index (χ4n) is 4.40. The minimum Gasteiger partial charge on any atom is -0.447 e. The van der Waals surface area contributed by atoms with Crippen LogP contribution >= 0.6 is 11.6 Å². The van der Waals surface area contributed by atoms with Gasteiger partial charge in [-0.25, -0.2) is 19.0 Å². The summed E-state index contributed by atoms with van der Waals surface area (Å²) in [7, 11) is 1.59. The highest BCUT2D eigenvalue weighted by Crippen LogP contribution is 2.20. The van der Waals surface area contributed by atoms with Crippen LogP contribution in [-0.4, -0.2) is 78.7 Å². The minimum absolute atomic E-state index is 0.0245. The monoisotopic (exact) mass is 570 g/mol. The smallest absolute Gasteiger partial charge is 0.412 e. The molecule has 3 N–H and O–H groups in total. The molecule has 1 aliphatic heterocycles. The number of benzene rings is 2. The van der Waals surface area contributed by atoms with E-state index >= 15 is 0 Å². The number of urea groups is 1. The average molecular weight is 571 g/mol. The molecule has 4 rings (SSSR count). The molecule has 0 unspecified atom stereocenters. The molecule has 0 saturated carbocycles. The number of pyridine rings is 1. The molecule has 1 atom stereocenters. The number of rotatable bonds is 10. The van der Waals surface area contributed by atoms with Crippen molar-refractivity contribution in [3.8, 4) is 0 Å². The number of hydrogen-bond donors (Lipinski definition) is 3. The van der Waals surface area contributed by atoms with Gasteiger partial charge in [0, 0.05) is 44.8 Å². The molecule has 0 radical (unpaired) electrons. The van der Waals surface area contributed by atoms with Gasteiger partial charge in [-0.15, -0.1) is 0 Å². The number of ether oxygens (including phenoxy) is 1. The molecule has 212 valence electrons. The van der Waals surface area contributed by atoms with Crippen molar-refractivity contribution in [1.82, 2.24) is 25.4 Å². The maximum atomic E-state index is 13.8. The molecule has 1 saturated heterocycles. The maximum Gasteiger partial charge on any atom is 0.412 e. The van der Waals surface area contributed by atoms with Crippen LogP contribution in [0.4, 0.5) is 19.8 Å². The van der Waals surface area contributed by atoms with E-state index in [1.54, 1.807) is 30.3 Å². The summed E-state index contributed by atoms with van der Waals surface area (Å²) in [6.45, 7) is 2.12. The first-order valence-electron chi connectivity index (χ1n) is 13.0. The summed E-state index contributed by atoms with van der Waals surface area (Å²) in [6, 6.07) is 12.8. The quantitative estimate of drug-likeness (QED) is 0.339. The maximum absolute atomic E-state index is 13.8. The van der Waals surface area contributed by atoms with Crippen LogP contribution in [0.25, 0.3) is 10.8 Å². The van der Waals surface area contributed by atoms with Crippen LogP contribution in [0.15, 0.2) is 54.7 Å². The van der Waals surface area contributed by atoms with Gasteiger partial charge in [0.2, 0.25) is 5.91 Å². The van der Waals surface area contributed by atoms with E-state index in [0.717, 1.165) is 17.3 Å². The van der Waals surface area contributed by atoms with Crippen molar-refractivity contribution in [2.75, 3.05) is 45.2 Å². The second-order valence-electron chi connectivity index (χ2n) is 9.48. The molecule has 1 aromatic heterocycles. The van der Waals surface area contributed by atoms with Crippen LogP contribution < -0.4 is 16.0 Å². The van der Waals surface area contributed by atoms with Crippen molar-refractivity contribution in [3.63, 3.8) is 0 Å². The zero-order valence-electron chi connectivity index (χ0n) is 22.2. The molecule has 3 aromatic rings. The van der Waals surface area contributed by atoms with Crippen LogP contribution in [0, 0.1) is 5.82 Å². The molecule has 10 nitrogen and oxygen atoms in total. The minimum atomic E-state index is -0.703. The van der Waals surface area contributed by atoms with Gasteiger partial charge in [0.1, 0.15) is 18.2 Å². The van der Waals surface area contributed by atoms with Crippen LogP contribution in [-0.2, 0) is 16.1 Å². The Morgan fingerprint density at radius 2 is 2.02 bits per heavy atom. The molecule has 0 bridgehead atoms. The molecule has 0 aliphatic carbocycles. The first kappa shape index (κ1) is 29.0. The number of amides is 4. The molecule has 2 heterocycles. The molecule has 2 aromatic carbocycles. The highest BCUT2D eigenvalue weighted by Gasteiger charge is 2.24. The molecule has 12 heteroatoms. The topological polar surface area (TPSA) is 116 Å². The molecule has 1 fully saturated rings. The summed E-state index contributed by atoms with van der Waals surface area (Å²) in [5, 5.41) is 10.2. The van der Waals surface area contributed by atoms with Crippen LogP contribution in [0.1, 0.15) is 18.4 Å². The first-order valence-corrected chi connectivity index (χ1v) is 13.4. The molecule has 1 aliphatic rings. The number of carbonyl (C=O) groups is 3. The Morgan fingerprint density at radius 3 is 2.83 bits per heavy atom. The number of likely N-dealkylation sites (N-methyl/N-ethyl adjacent to an activating group) is 1. The number of halogens is 2. The van der Waals surface area contributed by atoms with E-state index in [-0.39, 0.29) is 24.1 Å². The van der Waals surface area contributed by atoms with E-state index in [0.29, 0.717) is 43.9 Å². The van der Waals surface area contributed by atoms with E-state index in [2.05, 4.69) is 20.9 Å². The second kappa shape index (κ2) is 13.9. The van der Waals surface area contributed by atoms with Crippen molar-refractivity contribution >= 4 is 46.2 Å². The first-order chi connectivity index (χ1) is 19.3. The van der Waals surface area contributed by atoms with Gasteiger partial charge >= 0.3 is 12.1 Å². The van der Waals surface area contributed by atoms with Crippen LogP contribution in [0.3, 0.4) is 0 Å². The van der Waals surface area contributed by atoms with Crippen molar-refractivity contribution < 1.29 is 23.5 Å². The third-order valence-electron chi connectivity index (χ3n) is 6.75. The number of fused-ring (bicyclic) bond motifs is 1. The fourth-order valence-corrected chi connectivity index (χ4v) is 4.59. The van der Waals surface area contributed by atoms with Gasteiger partial charge in [-0.3, -0.25) is 10.1 Å². The highest BCUT2D eigenvalue weighted by atomic mass is 35.5. The van der Waals surface area contributed by atoms with Gasteiger partial charge in [-0.05, 0) is 35.9 Å². The number of nitrogens with one attached hydrogen (secondary N) is 3.